The van der Waals surface area contributed by atoms with Crippen LogP contribution in [0.4, 0.5) is 4.79 Å². The summed E-state index contributed by atoms with van der Waals surface area (Å²) in [5.74, 6) is 0. The fourth-order valence-corrected chi connectivity index (χ4v) is 2.64. The average Bonchev–Trinajstić information content (AvgIpc) is 3.17. The van der Waals surface area contributed by atoms with Crippen molar-refractivity contribution < 1.29 is 4.79 Å². The molecule has 0 saturated heterocycles. The highest BCUT2D eigenvalue weighted by molar-refractivity contribution is 5.74. The molecule has 5 nitrogen and oxygen atoms in total. The minimum absolute atomic E-state index is 0.0615. The summed E-state index contributed by atoms with van der Waals surface area (Å²) in [5.41, 5.74) is 3.31. The molecule has 2 aromatic carbocycles. The van der Waals surface area contributed by atoms with Gasteiger partial charge < -0.3 is 15.2 Å². The maximum absolute atomic E-state index is 12.0. The van der Waals surface area contributed by atoms with Crippen molar-refractivity contribution in [2.75, 3.05) is 6.54 Å². The van der Waals surface area contributed by atoms with Gasteiger partial charge in [0.15, 0.2) is 0 Å². The molecule has 3 aromatic rings. The van der Waals surface area contributed by atoms with Crippen molar-refractivity contribution in [2.24, 2.45) is 0 Å². The van der Waals surface area contributed by atoms with E-state index < -0.39 is 0 Å². The molecule has 5 heteroatoms. The molecule has 0 fully saturated rings. The lowest BCUT2D eigenvalue weighted by Gasteiger charge is -2.15. The lowest BCUT2D eigenvalue weighted by Crippen LogP contribution is -2.38. The van der Waals surface area contributed by atoms with E-state index in [1.165, 1.54) is 5.56 Å². The normalized spacial score (nSPS) is 11.7. The number of carbonyl (C=O) groups excluding carboxylic acids is 1. The van der Waals surface area contributed by atoms with Crippen molar-refractivity contribution in [3.05, 3.63) is 84.4 Å². The molecule has 0 aliphatic heterocycles. The SMILES string of the molecule is CC(NC(=O)NCCc1ccccc1)c1ccc(-n2ccnc2)cc1. The van der Waals surface area contributed by atoms with Gasteiger partial charge in [-0.2, -0.15) is 0 Å². The second kappa shape index (κ2) is 8.15. The van der Waals surface area contributed by atoms with Gasteiger partial charge in [-0.15, -0.1) is 0 Å². The Hall–Kier alpha value is -3.08. The summed E-state index contributed by atoms with van der Waals surface area (Å²) in [5, 5.41) is 5.87. The molecular weight excluding hydrogens is 312 g/mol. The van der Waals surface area contributed by atoms with E-state index in [0.29, 0.717) is 6.54 Å². The van der Waals surface area contributed by atoms with Crippen LogP contribution in [0.25, 0.3) is 5.69 Å². The number of rotatable bonds is 6. The topological polar surface area (TPSA) is 59.0 Å². The quantitative estimate of drug-likeness (QED) is 0.725. The molecule has 0 aliphatic rings. The van der Waals surface area contributed by atoms with Gasteiger partial charge in [0.1, 0.15) is 0 Å². The first-order chi connectivity index (χ1) is 12.2. The Morgan fingerprint density at radius 3 is 2.56 bits per heavy atom. The Morgan fingerprint density at radius 2 is 1.88 bits per heavy atom. The molecule has 3 rings (SSSR count). The van der Waals surface area contributed by atoms with Crippen molar-refractivity contribution in [1.29, 1.82) is 0 Å². The zero-order valence-electron chi connectivity index (χ0n) is 14.2. The van der Waals surface area contributed by atoms with Crippen molar-refractivity contribution in [3.63, 3.8) is 0 Å². The predicted octanol–water partition coefficient (Wildman–Crippen LogP) is 3.48. The van der Waals surface area contributed by atoms with Gasteiger partial charge in [-0.1, -0.05) is 42.5 Å². The number of carbonyl (C=O) groups is 1. The highest BCUT2D eigenvalue weighted by Crippen LogP contribution is 2.15. The Bertz CT molecular complexity index is 782. The summed E-state index contributed by atoms with van der Waals surface area (Å²) in [7, 11) is 0. The van der Waals surface area contributed by atoms with E-state index in [1.54, 1.807) is 12.5 Å². The second-order valence-corrected chi connectivity index (χ2v) is 5.92. The van der Waals surface area contributed by atoms with Gasteiger partial charge in [0.05, 0.1) is 12.4 Å². The summed E-state index contributed by atoms with van der Waals surface area (Å²) in [4.78, 5) is 16.1. The van der Waals surface area contributed by atoms with Crippen LogP contribution in [0.5, 0.6) is 0 Å². The van der Waals surface area contributed by atoms with E-state index in [-0.39, 0.29) is 12.1 Å². The third kappa shape index (κ3) is 4.70. The smallest absolute Gasteiger partial charge is 0.315 e. The fourth-order valence-electron chi connectivity index (χ4n) is 2.64. The van der Waals surface area contributed by atoms with E-state index in [0.717, 1.165) is 17.7 Å². The number of hydrogen-bond donors (Lipinski definition) is 2. The lowest BCUT2D eigenvalue weighted by molar-refractivity contribution is 0.238. The van der Waals surface area contributed by atoms with Gasteiger partial charge in [0.25, 0.3) is 0 Å². The summed E-state index contributed by atoms with van der Waals surface area (Å²) >= 11 is 0. The number of aromatic nitrogens is 2. The van der Waals surface area contributed by atoms with Crippen molar-refractivity contribution in [2.45, 2.75) is 19.4 Å². The summed E-state index contributed by atoms with van der Waals surface area (Å²) in [6.07, 6.45) is 6.23. The third-order valence-corrected chi connectivity index (χ3v) is 4.09. The lowest BCUT2D eigenvalue weighted by atomic mass is 10.1. The van der Waals surface area contributed by atoms with E-state index in [9.17, 15) is 4.79 Å². The van der Waals surface area contributed by atoms with E-state index in [1.807, 2.05) is 60.2 Å². The Balaban J connectivity index is 1.48. The largest absolute Gasteiger partial charge is 0.338 e. The van der Waals surface area contributed by atoms with Crippen LogP contribution in [0, 0.1) is 0 Å². The van der Waals surface area contributed by atoms with E-state index in [2.05, 4.69) is 27.8 Å². The maximum atomic E-state index is 12.0. The van der Waals surface area contributed by atoms with E-state index in [4.69, 9.17) is 0 Å². The second-order valence-electron chi connectivity index (χ2n) is 5.92. The summed E-state index contributed by atoms with van der Waals surface area (Å²) in [6, 6.07) is 18.0. The van der Waals surface area contributed by atoms with Crippen LogP contribution in [-0.4, -0.2) is 22.1 Å². The van der Waals surface area contributed by atoms with Gasteiger partial charge in [0.2, 0.25) is 0 Å². The first-order valence-electron chi connectivity index (χ1n) is 8.39. The van der Waals surface area contributed by atoms with Crippen molar-refractivity contribution in [1.82, 2.24) is 20.2 Å². The molecule has 0 saturated carbocycles. The number of nitrogens with zero attached hydrogens (tertiary/aromatic N) is 2. The molecule has 0 radical (unpaired) electrons. The van der Waals surface area contributed by atoms with E-state index >= 15 is 0 Å². The first kappa shape index (κ1) is 16.8. The molecular formula is C20H22N4O. The number of urea groups is 1. The Labute approximate surface area is 147 Å². The minimum Gasteiger partial charge on any atom is -0.338 e. The van der Waals surface area contributed by atoms with Gasteiger partial charge >= 0.3 is 6.03 Å². The van der Waals surface area contributed by atoms with Crippen LogP contribution in [-0.2, 0) is 6.42 Å². The zero-order chi connectivity index (χ0) is 17.5. The standard InChI is InChI=1S/C20H22N4O/c1-16(18-7-9-19(10-8-18)24-14-13-21-15-24)23-20(25)22-12-11-17-5-3-2-4-6-17/h2-10,13-16H,11-12H2,1H3,(H2,22,23,25). The minimum atomic E-state index is -0.151. The monoisotopic (exact) mass is 334 g/mol. The first-order valence-corrected chi connectivity index (χ1v) is 8.39. The third-order valence-electron chi connectivity index (χ3n) is 4.09. The van der Waals surface area contributed by atoms with Crippen LogP contribution in [0.15, 0.2) is 73.3 Å². The molecule has 1 aromatic heterocycles. The highest BCUT2D eigenvalue weighted by atomic mass is 16.2. The van der Waals surface area contributed by atoms with Crippen LogP contribution >= 0.6 is 0 Å². The van der Waals surface area contributed by atoms with Gasteiger partial charge in [-0.3, -0.25) is 0 Å². The molecule has 0 spiro atoms. The maximum Gasteiger partial charge on any atom is 0.315 e. The fraction of sp³-hybridized carbons (Fsp3) is 0.200. The molecule has 1 atom stereocenters. The zero-order valence-corrected chi connectivity index (χ0v) is 14.2. The molecule has 2 amide bonds. The van der Waals surface area contributed by atoms with Crippen LogP contribution < -0.4 is 10.6 Å². The Kier molecular flexibility index (Phi) is 5.46. The Morgan fingerprint density at radius 1 is 1.12 bits per heavy atom. The van der Waals surface area contributed by atoms with Crippen LogP contribution in [0.3, 0.4) is 0 Å². The van der Waals surface area contributed by atoms with Crippen molar-refractivity contribution in [3.8, 4) is 5.69 Å². The molecule has 1 heterocycles. The number of amides is 2. The number of hydrogen-bond acceptors (Lipinski definition) is 2. The van der Waals surface area contributed by atoms with Crippen molar-refractivity contribution >= 4 is 6.03 Å². The molecule has 1 unspecified atom stereocenters. The average molecular weight is 334 g/mol. The predicted molar refractivity (Wildman–Crippen MR) is 98.7 cm³/mol. The highest BCUT2D eigenvalue weighted by Gasteiger charge is 2.09. The molecule has 128 valence electrons. The van der Waals surface area contributed by atoms with Crippen LogP contribution in [0.1, 0.15) is 24.1 Å². The van der Waals surface area contributed by atoms with Gasteiger partial charge in [-0.25, -0.2) is 9.78 Å². The summed E-state index contributed by atoms with van der Waals surface area (Å²) < 4.78 is 1.94. The van der Waals surface area contributed by atoms with Gasteiger partial charge in [-0.05, 0) is 36.6 Å². The summed E-state index contributed by atoms with van der Waals surface area (Å²) in [6.45, 7) is 2.59. The number of imidazole rings is 1. The molecule has 0 bridgehead atoms. The molecule has 25 heavy (non-hydrogen) atoms. The number of benzene rings is 2. The van der Waals surface area contributed by atoms with Gasteiger partial charge in [0, 0.05) is 24.6 Å². The molecule has 2 N–H and O–H groups in total. The number of nitrogens with one attached hydrogen (secondary N) is 2. The van der Waals surface area contributed by atoms with Crippen LogP contribution in [0.2, 0.25) is 0 Å². The molecule has 0 aliphatic carbocycles.